The zero-order chi connectivity index (χ0) is 8.10. The largest absolute Gasteiger partial charge is 0.208 e. The molecule has 0 atom stereocenters. The van der Waals surface area contributed by atoms with Gasteiger partial charge in [0.2, 0.25) is 0 Å². The number of aryl methyl sites for hydroxylation is 2. The Morgan fingerprint density at radius 1 is 1.45 bits per heavy atom. The van der Waals surface area contributed by atoms with Crippen LogP contribution in [-0.4, -0.2) is 0 Å². The summed E-state index contributed by atoms with van der Waals surface area (Å²) in [4.78, 5) is 0. The maximum atomic E-state index is 2.23. The van der Waals surface area contributed by atoms with E-state index in [1.54, 1.807) is 0 Å². The van der Waals surface area contributed by atoms with Gasteiger partial charge >= 0.3 is 0 Å². The molecule has 0 aliphatic carbocycles. The van der Waals surface area contributed by atoms with Crippen molar-refractivity contribution >= 4 is 0 Å². The third-order valence-corrected chi connectivity index (χ3v) is 1.82. The van der Waals surface area contributed by atoms with Crippen molar-refractivity contribution in [2.75, 3.05) is 0 Å². The highest BCUT2D eigenvalue weighted by Gasteiger charge is 1.95. The molecule has 1 aromatic heterocycles. The van der Waals surface area contributed by atoms with Crippen molar-refractivity contribution in [3.63, 3.8) is 0 Å². The predicted molar refractivity (Wildman–Crippen MR) is 46.2 cm³/mol. The van der Waals surface area contributed by atoms with Gasteiger partial charge in [0.15, 0.2) is 12.4 Å². The van der Waals surface area contributed by atoms with Gasteiger partial charge in [-0.2, -0.15) is 0 Å². The van der Waals surface area contributed by atoms with E-state index in [0.717, 1.165) is 0 Å². The summed E-state index contributed by atoms with van der Waals surface area (Å²) in [5.41, 5.74) is 1.44. The fourth-order valence-electron chi connectivity index (χ4n) is 1.18. The topological polar surface area (TPSA) is 3.88 Å². The lowest BCUT2D eigenvalue weighted by Crippen LogP contribution is -2.26. The van der Waals surface area contributed by atoms with Crippen LogP contribution in [0.2, 0.25) is 0 Å². The van der Waals surface area contributed by atoms with Gasteiger partial charge in [0.1, 0.15) is 7.05 Å². The summed E-state index contributed by atoms with van der Waals surface area (Å²) in [6.07, 6.45) is 8.04. The van der Waals surface area contributed by atoms with Crippen molar-refractivity contribution in [1.29, 1.82) is 0 Å². The van der Waals surface area contributed by atoms with E-state index in [1.807, 2.05) is 0 Å². The molecule has 11 heavy (non-hydrogen) atoms. The number of pyridine rings is 1. The fraction of sp³-hybridized carbons (Fsp3) is 0.500. The van der Waals surface area contributed by atoms with Crippen LogP contribution in [0.15, 0.2) is 24.5 Å². The van der Waals surface area contributed by atoms with Crippen molar-refractivity contribution in [1.82, 2.24) is 0 Å². The number of hydrogen-bond acceptors (Lipinski definition) is 0. The SMILES string of the molecule is CCCCc1ccc[n+](C)c1. The maximum Gasteiger partial charge on any atom is 0.171 e. The van der Waals surface area contributed by atoms with Crippen LogP contribution in [0.1, 0.15) is 25.3 Å². The average molecular weight is 150 g/mol. The molecule has 0 saturated heterocycles. The molecule has 60 valence electrons. The first-order chi connectivity index (χ1) is 5.33. The lowest BCUT2D eigenvalue weighted by molar-refractivity contribution is -0.671. The number of hydrogen-bond donors (Lipinski definition) is 0. The van der Waals surface area contributed by atoms with Crippen LogP contribution in [0.3, 0.4) is 0 Å². The van der Waals surface area contributed by atoms with Gasteiger partial charge in [-0.3, -0.25) is 0 Å². The zero-order valence-corrected chi connectivity index (χ0v) is 7.38. The normalized spacial score (nSPS) is 10.0. The van der Waals surface area contributed by atoms with E-state index in [4.69, 9.17) is 0 Å². The van der Waals surface area contributed by atoms with E-state index in [2.05, 4.69) is 43.1 Å². The van der Waals surface area contributed by atoms with Crippen molar-refractivity contribution in [3.8, 4) is 0 Å². The van der Waals surface area contributed by atoms with Crippen molar-refractivity contribution in [2.24, 2.45) is 7.05 Å². The van der Waals surface area contributed by atoms with Crippen LogP contribution in [0.4, 0.5) is 0 Å². The molecule has 1 heterocycles. The highest BCUT2D eigenvalue weighted by atomic mass is 14.9. The molecule has 1 nitrogen and oxygen atoms in total. The molecule has 1 heteroatoms. The average Bonchev–Trinajstić information content (AvgIpc) is 2.01. The van der Waals surface area contributed by atoms with Gasteiger partial charge in [-0.1, -0.05) is 13.3 Å². The first kappa shape index (κ1) is 8.25. The molecule has 0 amide bonds. The minimum absolute atomic E-state index is 1.21. The molecule has 0 fully saturated rings. The van der Waals surface area contributed by atoms with Crippen molar-refractivity contribution in [3.05, 3.63) is 30.1 Å². The Kier molecular flexibility index (Phi) is 3.09. The Morgan fingerprint density at radius 3 is 2.91 bits per heavy atom. The lowest BCUT2D eigenvalue weighted by Gasteiger charge is -1.95. The monoisotopic (exact) mass is 150 g/mol. The van der Waals surface area contributed by atoms with Gasteiger partial charge < -0.3 is 0 Å². The minimum Gasteiger partial charge on any atom is -0.208 e. The maximum absolute atomic E-state index is 2.23. The van der Waals surface area contributed by atoms with Gasteiger partial charge in [0.25, 0.3) is 0 Å². The van der Waals surface area contributed by atoms with Gasteiger partial charge in [0, 0.05) is 11.6 Å². The summed E-state index contributed by atoms with van der Waals surface area (Å²) in [5.74, 6) is 0. The Hall–Kier alpha value is -0.850. The van der Waals surface area contributed by atoms with E-state index in [0.29, 0.717) is 0 Å². The highest BCUT2D eigenvalue weighted by Crippen LogP contribution is 2.00. The molecule has 0 saturated carbocycles. The van der Waals surface area contributed by atoms with Gasteiger partial charge in [-0.25, -0.2) is 4.57 Å². The molecule has 0 aliphatic rings. The molecule has 0 aromatic carbocycles. The molecule has 0 N–H and O–H groups in total. The number of rotatable bonds is 3. The fourth-order valence-corrected chi connectivity index (χ4v) is 1.18. The first-order valence-electron chi connectivity index (χ1n) is 4.27. The van der Waals surface area contributed by atoms with E-state index in [9.17, 15) is 0 Å². The van der Waals surface area contributed by atoms with E-state index >= 15 is 0 Å². The summed E-state index contributed by atoms with van der Waals surface area (Å²) >= 11 is 0. The molecular formula is C10H16N+. The Bertz CT molecular complexity index is 218. The second-order valence-electron chi connectivity index (χ2n) is 2.98. The predicted octanol–water partition coefficient (Wildman–Crippen LogP) is 1.85. The van der Waals surface area contributed by atoms with E-state index in [-0.39, 0.29) is 0 Å². The smallest absolute Gasteiger partial charge is 0.171 e. The first-order valence-corrected chi connectivity index (χ1v) is 4.27. The second kappa shape index (κ2) is 4.12. The lowest BCUT2D eigenvalue weighted by atomic mass is 10.1. The van der Waals surface area contributed by atoms with Crippen molar-refractivity contribution < 1.29 is 4.57 Å². The van der Waals surface area contributed by atoms with Crippen LogP contribution in [0.5, 0.6) is 0 Å². The van der Waals surface area contributed by atoms with Crippen LogP contribution >= 0.6 is 0 Å². The third kappa shape index (κ3) is 2.71. The standard InChI is InChI=1S/C10H16N/c1-3-4-6-10-7-5-8-11(2)9-10/h5,7-9H,3-4,6H2,1-2H3/q+1. The number of aromatic nitrogens is 1. The Balaban J connectivity index is 2.56. The van der Waals surface area contributed by atoms with Gasteiger partial charge in [-0.05, 0) is 18.9 Å². The Morgan fingerprint density at radius 2 is 2.27 bits per heavy atom. The van der Waals surface area contributed by atoms with E-state index in [1.165, 1.54) is 24.8 Å². The molecule has 0 radical (unpaired) electrons. The van der Waals surface area contributed by atoms with Crippen molar-refractivity contribution in [2.45, 2.75) is 26.2 Å². The van der Waals surface area contributed by atoms with Crippen LogP contribution in [0.25, 0.3) is 0 Å². The molecule has 0 spiro atoms. The van der Waals surface area contributed by atoms with Crippen LogP contribution in [0, 0.1) is 0 Å². The summed E-state index contributed by atoms with van der Waals surface area (Å²) in [6.45, 7) is 2.23. The summed E-state index contributed by atoms with van der Waals surface area (Å²) < 4.78 is 2.10. The summed E-state index contributed by atoms with van der Waals surface area (Å²) in [6, 6.07) is 4.29. The number of unbranched alkanes of at least 4 members (excludes halogenated alkanes) is 1. The third-order valence-electron chi connectivity index (χ3n) is 1.82. The molecular weight excluding hydrogens is 134 g/mol. The zero-order valence-electron chi connectivity index (χ0n) is 7.38. The van der Waals surface area contributed by atoms with Gasteiger partial charge in [0.05, 0.1) is 0 Å². The summed E-state index contributed by atoms with van der Waals surface area (Å²) in [7, 11) is 2.06. The second-order valence-corrected chi connectivity index (χ2v) is 2.98. The molecule has 0 unspecified atom stereocenters. The van der Waals surface area contributed by atoms with Crippen LogP contribution < -0.4 is 4.57 Å². The van der Waals surface area contributed by atoms with Gasteiger partial charge in [-0.15, -0.1) is 0 Å². The molecule has 1 aromatic rings. The number of nitrogens with zero attached hydrogens (tertiary/aromatic N) is 1. The molecule has 1 rings (SSSR count). The summed E-state index contributed by atoms with van der Waals surface area (Å²) in [5, 5.41) is 0. The Labute approximate surface area is 68.7 Å². The highest BCUT2D eigenvalue weighted by molar-refractivity contribution is 5.04. The van der Waals surface area contributed by atoms with E-state index < -0.39 is 0 Å². The quantitative estimate of drug-likeness (QED) is 0.579. The molecule has 0 aliphatic heterocycles. The van der Waals surface area contributed by atoms with Crippen LogP contribution in [-0.2, 0) is 13.5 Å². The molecule has 0 bridgehead atoms. The minimum atomic E-state index is 1.21.